The van der Waals surface area contributed by atoms with E-state index in [4.69, 9.17) is 11.0 Å². The largest absolute Gasteiger partial charge is 0.368 e. The minimum Gasteiger partial charge on any atom is -0.368 e. The molecule has 1 atom stereocenters. The number of carbonyl (C=O) groups is 1. The average Bonchev–Trinajstić information content (AvgIpc) is 2.40. The summed E-state index contributed by atoms with van der Waals surface area (Å²) in [6.45, 7) is 2.61. The van der Waals surface area contributed by atoms with Gasteiger partial charge in [-0.05, 0) is 6.07 Å². The first-order valence-electron chi connectivity index (χ1n) is 5.80. The van der Waals surface area contributed by atoms with E-state index in [9.17, 15) is 4.79 Å². The van der Waals surface area contributed by atoms with E-state index in [1.807, 2.05) is 11.0 Å². The predicted octanol–water partition coefficient (Wildman–Crippen LogP) is -0.788. The van der Waals surface area contributed by atoms with Crippen LogP contribution in [0.4, 0.5) is 0 Å². The summed E-state index contributed by atoms with van der Waals surface area (Å²) < 4.78 is 0. The third-order valence-corrected chi connectivity index (χ3v) is 3.05. The molecule has 1 unspecified atom stereocenters. The number of nitriles is 1. The van der Waals surface area contributed by atoms with Gasteiger partial charge in [0.1, 0.15) is 17.8 Å². The van der Waals surface area contributed by atoms with E-state index in [1.54, 1.807) is 12.3 Å². The maximum absolute atomic E-state index is 11.4. The molecule has 0 spiro atoms. The predicted molar refractivity (Wildman–Crippen MR) is 65.2 cm³/mol. The fraction of sp³-hybridized carbons (Fsp3) is 0.417. The second-order valence-corrected chi connectivity index (χ2v) is 4.22. The van der Waals surface area contributed by atoms with Crippen LogP contribution in [0.15, 0.2) is 18.3 Å². The molecule has 0 radical (unpaired) electrons. The Bertz CT molecular complexity index is 482. The number of amides is 1. The smallest absolute Gasteiger partial charge is 0.236 e. The number of hydrogen-bond donors (Lipinski definition) is 2. The van der Waals surface area contributed by atoms with Crippen LogP contribution in [0.25, 0.3) is 0 Å². The summed E-state index contributed by atoms with van der Waals surface area (Å²) in [5.41, 5.74) is 6.61. The number of aromatic nitrogens is 1. The van der Waals surface area contributed by atoms with Crippen molar-refractivity contribution in [3.63, 3.8) is 0 Å². The third kappa shape index (κ3) is 2.64. The zero-order chi connectivity index (χ0) is 13.0. The Labute approximate surface area is 105 Å². The normalized spacial score (nSPS) is 20.3. The van der Waals surface area contributed by atoms with Crippen LogP contribution in [0.5, 0.6) is 0 Å². The highest BCUT2D eigenvalue weighted by atomic mass is 16.1. The Balaban J connectivity index is 2.16. The van der Waals surface area contributed by atoms with Crippen molar-refractivity contribution in [2.75, 3.05) is 19.6 Å². The number of piperazine rings is 1. The molecule has 18 heavy (non-hydrogen) atoms. The molecule has 1 aromatic rings. The molecule has 2 rings (SSSR count). The SMILES string of the molecule is N#Cc1ncccc1CN1CCNCC1C(N)=O. The number of primary amides is 1. The van der Waals surface area contributed by atoms with Crippen molar-refractivity contribution in [3.8, 4) is 6.07 Å². The molecule has 1 amide bonds. The minimum absolute atomic E-state index is 0.328. The molecule has 2 heterocycles. The Kier molecular flexibility index (Phi) is 3.87. The van der Waals surface area contributed by atoms with E-state index in [1.165, 1.54) is 0 Å². The molecule has 0 saturated carbocycles. The van der Waals surface area contributed by atoms with Crippen LogP contribution < -0.4 is 11.1 Å². The average molecular weight is 245 g/mol. The highest BCUT2D eigenvalue weighted by Gasteiger charge is 2.27. The molecular formula is C12H15N5O. The number of pyridine rings is 1. The lowest BCUT2D eigenvalue weighted by atomic mass is 10.1. The quantitative estimate of drug-likeness (QED) is 0.728. The van der Waals surface area contributed by atoms with Gasteiger partial charge in [0, 0.05) is 37.9 Å². The lowest BCUT2D eigenvalue weighted by Crippen LogP contribution is -2.56. The second kappa shape index (κ2) is 5.58. The summed E-state index contributed by atoms with van der Waals surface area (Å²) in [6, 6.07) is 5.37. The number of hydrogen-bond acceptors (Lipinski definition) is 5. The number of rotatable bonds is 3. The third-order valence-electron chi connectivity index (χ3n) is 3.05. The van der Waals surface area contributed by atoms with Crippen LogP contribution >= 0.6 is 0 Å². The zero-order valence-corrected chi connectivity index (χ0v) is 9.97. The summed E-state index contributed by atoms with van der Waals surface area (Å²) in [7, 11) is 0. The van der Waals surface area contributed by atoms with Gasteiger partial charge in [-0.25, -0.2) is 4.98 Å². The van der Waals surface area contributed by atoms with Crippen LogP contribution in [0.3, 0.4) is 0 Å². The van der Waals surface area contributed by atoms with Crippen molar-refractivity contribution in [1.82, 2.24) is 15.2 Å². The van der Waals surface area contributed by atoms with Crippen molar-refractivity contribution in [2.45, 2.75) is 12.6 Å². The maximum Gasteiger partial charge on any atom is 0.236 e. The van der Waals surface area contributed by atoms with Gasteiger partial charge in [-0.3, -0.25) is 9.69 Å². The lowest BCUT2D eigenvalue weighted by Gasteiger charge is -2.34. The first kappa shape index (κ1) is 12.5. The van der Waals surface area contributed by atoms with Crippen LogP contribution in [0, 0.1) is 11.3 Å². The molecule has 3 N–H and O–H groups in total. The van der Waals surface area contributed by atoms with Crippen molar-refractivity contribution in [1.29, 1.82) is 5.26 Å². The topological polar surface area (TPSA) is 95.0 Å². The van der Waals surface area contributed by atoms with Crippen LogP contribution in [0.2, 0.25) is 0 Å². The monoisotopic (exact) mass is 245 g/mol. The van der Waals surface area contributed by atoms with Gasteiger partial charge < -0.3 is 11.1 Å². The standard InChI is InChI=1S/C12H15N5O/c13-6-10-9(2-1-3-16-10)8-17-5-4-15-7-11(17)12(14)18/h1-3,11,15H,4-5,7-8H2,(H2,14,18). The van der Waals surface area contributed by atoms with Gasteiger partial charge in [-0.2, -0.15) is 5.26 Å². The first-order valence-corrected chi connectivity index (χ1v) is 5.80. The molecule has 0 aromatic carbocycles. The molecule has 1 aliphatic heterocycles. The van der Waals surface area contributed by atoms with Gasteiger partial charge in [-0.1, -0.05) is 6.07 Å². The molecule has 1 aromatic heterocycles. The molecule has 94 valence electrons. The molecule has 6 heteroatoms. The highest BCUT2D eigenvalue weighted by molar-refractivity contribution is 5.80. The fourth-order valence-electron chi connectivity index (χ4n) is 2.10. The van der Waals surface area contributed by atoms with Crippen molar-refractivity contribution in [3.05, 3.63) is 29.6 Å². The summed E-state index contributed by atoms with van der Waals surface area (Å²) in [4.78, 5) is 17.4. The van der Waals surface area contributed by atoms with E-state index in [0.717, 1.165) is 18.7 Å². The van der Waals surface area contributed by atoms with Gasteiger partial charge in [0.05, 0.1) is 0 Å². The summed E-state index contributed by atoms with van der Waals surface area (Å²) >= 11 is 0. The fourth-order valence-corrected chi connectivity index (χ4v) is 2.10. The Morgan fingerprint density at radius 2 is 2.56 bits per heavy atom. The Morgan fingerprint density at radius 3 is 3.28 bits per heavy atom. The molecule has 6 nitrogen and oxygen atoms in total. The molecule has 0 aliphatic carbocycles. The lowest BCUT2D eigenvalue weighted by molar-refractivity contribution is -0.124. The van der Waals surface area contributed by atoms with Crippen LogP contribution in [-0.4, -0.2) is 41.5 Å². The van der Waals surface area contributed by atoms with Crippen LogP contribution in [0.1, 0.15) is 11.3 Å². The Hall–Kier alpha value is -1.97. The van der Waals surface area contributed by atoms with Gasteiger partial charge in [0.25, 0.3) is 0 Å². The van der Waals surface area contributed by atoms with E-state index >= 15 is 0 Å². The van der Waals surface area contributed by atoms with E-state index < -0.39 is 0 Å². The van der Waals surface area contributed by atoms with Crippen molar-refractivity contribution < 1.29 is 4.79 Å². The zero-order valence-electron chi connectivity index (χ0n) is 9.97. The van der Waals surface area contributed by atoms with Gasteiger partial charge >= 0.3 is 0 Å². The molecule has 1 fully saturated rings. The summed E-state index contributed by atoms with van der Waals surface area (Å²) in [6.07, 6.45) is 1.59. The molecule has 1 saturated heterocycles. The van der Waals surface area contributed by atoms with E-state index in [-0.39, 0.29) is 11.9 Å². The number of carbonyl (C=O) groups excluding carboxylic acids is 1. The van der Waals surface area contributed by atoms with Crippen molar-refractivity contribution >= 4 is 5.91 Å². The maximum atomic E-state index is 11.4. The molecular weight excluding hydrogens is 230 g/mol. The van der Waals surface area contributed by atoms with Gasteiger partial charge in [0.2, 0.25) is 5.91 Å². The molecule has 1 aliphatic rings. The van der Waals surface area contributed by atoms with Gasteiger partial charge in [0.15, 0.2) is 0 Å². The number of nitrogens with zero attached hydrogens (tertiary/aromatic N) is 3. The summed E-state index contributed by atoms with van der Waals surface area (Å²) in [5, 5.41) is 12.1. The van der Waals surface area contributed by atoms with Crippen molar-refractivity contribution in [2.24, 2.45) is 5.73 Å². The van der Waals surface area contributed by atoms with Gasteiger partial charge in [-0.15, -0.1) is 0 Å². The second-order valence-electron chi connectivity index (χ2n) is 4.22. The number of nitrogens with one attached hydrogen (secondary N) is 1. The molecule has 0 bridgehead atoms. The van der Waals surface area contributed by atoms with Crippen LogP contribution in [-0.2, 0) is 11.3 Å². The van der Waals surface area contributed by atoms with E-state index in [2.05, 4.69) is 16.4 Å². The minimum atomic E-state index is -0.343. The summed E-state index contributed by atoms with van der Waals surface area (Å²) in [5.74, 6) is -0.343. The highest BCUT2D eigenvalue weighted by Crippen LogP contribution is 2.12. The first-order chi connectivity index (χ1) is 8.72. The van der Waals surface area contributed by atoms with E-state index in [0.29, 0.717) is 18.8 Å². The number of nitrogens with two attached hydrogens (primary N) is 1. The Morgan fingerprint density at radius 1 is 1.72 bits per heavy atom.